The smallest absolute Gasteiger partial charge is 0.242 e. The summed E-state index contributed by atoms with van der Waals surface area (Å²) in [6, 6.07) is 1.27. The van der Waals surface area contributed by atoms with Gasteiger partial charge in [-0.2, -0.15) is 0 Å². The first kappa shape index (κ1) is 15.4. The van der Waals surface area contributed by atoms with Crippen molar-refractivity contribution in [3.05, 3.63) is 24.0 Å². The van der Waals surface area contributed by atoms with Crippen LogP contribution in [-0.2, 0) is 14.8 Å². The maximum absolute atomic E-state index is 12.2. The second kappa shape index (κ2) is 6.67. The molecule has 1 unspecified atom stereocenters. The zero-order valence-corrected chi connectivity index (χ0v) is 12.1. The van der Waals surface area contributed by atoms with E-state index in [9.17, 15) is 13.2 Å². The molecule has 8 heteroatoms. The molecular formula is C13H16N4O3S. The predicted molar refractivity (Wildman–Crippen MR) is 76.5 cm³/mol. The average molecular weight is 308 g/mol. The molecule has 112 valence electrons. The number of sulfonamides is 1. The molecule has 1 aliphatic heterocycles. The van der Waals surface area contributed by atoms with Crippen molar-refractivity contribution >= 4 is 15.9 Å². The van der Waals surface area contributed by atoms with Crippen molar-refractivity contribution in [1.29, 1.82) is 0 Å². The molecule has 2 heterocycles. The van der Waals surface area contributed by atoms with Crippen LogP contribution in [0, 0.1) is 11.8 Å². The van der Waals surface area contributed by atoms with Crippen molar-refractivity contribution in [2.45, 2.75) is 23.8 Å². The summed E-state index contributed by atoms with van der Waals surface area (Å²) in [6.07, 6.45) is 3.78. The van der Waals surface area contributed by atoms with Gasteiger partial charge in [0.25, 0.3) is 0 Å². The number of hydrogen-bond donors (Lipinski definition) is 3. The van der Waals surface area contributed by atoms with Crippen LogP contribution in [0.15, 0.2) is 23.4 Å². The number of amides is 1. The Morgan fingerprint density at radius 1 is 1.48 bits per heavy atom. The molecule has 1 aromatic heterocycles. The molecule has 0 spiro atoms. The van der Waals surface area contributed by atoms with Crippen molar-refractivity contribution in [2.75, 3.05) is 13.1 Å². The Bertz CT molecular complexity index is 691. The zero-order valence-electron chi connectivity index (χ0n) is 11.3. The maximum Gasteiger partial charge on any atom is 0.242 e. The van der Waals surface area contributed by atoms with E-state index in [4.69, 9.17) is 5.73 Å². The van der Waals surface area contributed by atoms with Crippen LogP contribution in [0.4, 0.5) is 0 Å². The second-order valence-corrected chi connectivity index (χ2v) is 6.34. The highest BCUT2D eigenvalue weighted by atomic mass is 32.2. The molecule has 1 aromatic rings. The van der Waals surface area contributed by atoms with Gasteiger partial charge >= 0.3 is 0 Å². The van der Waals surface area contributed by atoms with Crippen LogP contribution in [0.1, 0.15) is 18.4 Å². The van der Waals surface area contributed by atoms with Crippen LogP contribution in [-0.4, -0.2) is 38.4 Å². The Morgan fingerprint density at radius 2 is 2.29 bits per heavy atom. The van der Waals surface area contributed by atoms with Gasteiger partial charge in [-0.15, -0.1) is 0 Å². The van der Waals surface area contributed by atoms with E-state index in [2.05, 4.69) is 26.9 Å². The lowest BCUT2D eigenvalue weighted by molar-refractivity contribution is -0.119. The molecular weight excluding hydrogens is 292 g/mol. The van der Waals surface area contributed by atoms with E-state index < -0.39 is 10.0 Å². The molecule has 0 aliphatic carbocycles. The van der Waals surface area contributed by atoms with Crippen molar-refractivity contribution in [3.63, 3.8) is 0 Å². The standard InChI is InChI=1S/C13H16N4O3S/c14-5-1-2-10-6-12(9-15-7-10)21(19,20)16-8-11-3-4-13(18)17-11/h6-7,9,11,16H,3-5,8,14H2,(H,17,18). The fourth-order valence-electron chi connectivity index (χ4n) is 1.91. The topological polar surface area (TPSA) is 114 Å². The van der Waals surface area contributed by atoms with E-state index in [1.54, 1.807) is 0 Å². The molecule has 0 aromatic carbocycles. The number of nitrogens with zero attached hydrogens (tertiary/aromatic N) is 1. The maximum atomic E-state index is 12.2. The highest BCUT2D eigenvalue weighted by molar-refractivity contribution is 7.89. The number of nitrogens with one attached hydrogen (secondary N) is 2. The monoisotopic (exact) mass is 308 g/mol. The fourth-order valence-corrected chi connectivity index (χ4v) is 2.98. The minimum Gasteiger partial charge on any atom is -0.352 e. The summed E-state index contributed by atoms with van der Waals surface area (Å²) in [6.45, 7) is 0.351. The molecule has 0 bridgehead atoms. The Labute approximate surface area is 123 Å². The van der Waals surface area contributed by atoms with Crippen LogP contribution >= 0.6 is 0 Å². The normalized spacial score (nSPS) is 18.0. The van der Waals surface area contributed by atoms with Crippen LogP contribution in [0.25, 0.3) is 0 Å². The van der Waals surface area contributed by atoms with Crippen LogP contribution < -0.4 is 15.8 Å². The second-order valence-electron chi connectivity index (χ2n) is 4.57. The van der Waals surface area contributed by atoms with Gasteiger partial charge < -0.3 is 11.1 Å². The summed E-state index contributed by atoms with van der Waals surface area (Å²) in [4.78, 5) is 15.0. The van der Waals surface area contributed by atoms with Crippen LogP contribution in [0.5, 0.6) is 0 Å². The predicted octanol–water partition coefficient (Wildman–Crippen LogP) is -1.05. The van der Waals surface area contributed by atoms with E-state index >= 15 is 0 Å². The van der Waals surface area contributed by atoms with E-state index in [0.29, 0.717) is 18.4 Å². The molecule has 0 radical (unpaired) electrons. The number of hydrogen-bond acceptors (Lipinski definition) is 5. The van der Waals surface area contributed by atoms with Crippen molar-refractivity contribution in [3.8, 4) is 11.8 Å². The summed E-state index contributed by atoms with van der Waals surface area (Å²) in [5, 5.41) is 2.70. The largest absolute Gasteiger partial charge is 0.352 e. The van der Waals surface area contributed by atoms with E-state index in [1.807, 2.05) is 0 Å². The fraction of sp³-hybridized carbons (Fsp3) is 0.385. The van der Waals surface area contributed by atoms with Crippen molar-refractivity contribution in [2.24, 2.45) is 5.73 Å². The van der Waals surface area contributed by atoms with Gasteiger partial charge in [0.2, 0.25) is 15.9 Å². The summed E-state index contributed by atoms with van der Waals surface area (Å²) < 4.78 is 26.8. The number of pyridine rings is 1. The molecule has 1 atom stereocenters. The summed E-state index contributed by atoms with van der Waals surface area (Å²) in [7, 11) is -3.68. The molecule has 7 nitrogen and oxygen atoms in total. The lowest BCUT2D eigenvalue weighted by Crippen LogP contribution is -2.38. The number of aromatic nitrogens is 1. The minimum absolute atomic E-state index is 0.0376. The van der Waals surface area contributed by atoms with Gasteiger partial charge in [-0.25, -0.2) is 13.1 Å². The lowest BCUT2D eigenvalue weighted by atomic mass is 10.2. The van der Waals surface area contributed by atoms with E-state index in [0.717, 1.165) is 0 Å². The lowest BCUT2D eigenvalue weighted by Gasteiger charge is -2.11. The first-order chi connectivity index (χ1) is 10.0. The quantitative estimate of drug-likeness (QED) is 0.614. The molecule has 2 rings (SSSR count). The Balaban J connectivity index is 2.06. The van der Waals surface area contributed by atoms with Gasteiger partial charge in [0.05, 0.1) is 6.54 Å². The highest BCUT2D eigenvalue weighted by Crippen LogP contribution is 2.10. The Kier molecular flexibility index (Phi) is 4.90. The first-order valence-corrected chi connectivity index (χ1v) is 7.92. The summed E-state index contributed by atoms with van der Waals surface area (Å²) >= 11 is 0. The molecule has 1 saturated heterocycles. The molecule has 4 N–H and O–H groups in total. The van der Waals surface area contributed by atoms with Crippen molar-refractivity contribution < 1.29 is 13.2 Å². The molecule has 1 aliphatic rings. The minimum atomic E-state index is -3.68. The van der Waals surface area contributed by atoms with Gasteiger partial charge in [0, 0.05) is 37.0 Å². The van der Waals surface area contributed by atoms with Gasteiger partial charge in [-0.3, -0.25) is 9.78 Å². The van der Waals surface area contributed by atoms with Gasteiger partial charge in [0.1, 0.15) is 4.90 Å². The van der Waals surface area contributed by atoms with Crippen molar-refractivity contribution in [1.82, 2.24) is 15.0 Å². The molecule has 0 saturated carbocycles. The zero-order chi connectivity index (χ0) is 15.3. The third-order valence-corrected chi connectivity index (χ3v) is 4.35. The first-order valence-electron chi connectivity index (χ1n) is 6.44. The summed E-state index contributed by atoms with van der Waals surface area (Å²) in [5.41, 5.74) is 5.75. The third-order valence-electron chi connectivity index (χ3n) is 2.96. The van der Waals surface area contributed by atoms with Gasteiger partial charge in [-0.1, -0.05) is 11.8 Å². The molecule has 21 heavy (non-hydrogen) atoms. The van der Waals surface area contributed by atoms with Gasteiger partial charge in [-0.05, 0) is 12.5 Å². The van der Waals surface area contributed by atoms with Crippen LogP contribution in [0.3, 0.4) is 0 Å². The van der Waals surface area contributed by atoms with E-state index in [1.165, 1.54) is 18.5 Å². The highest BCUT2D eigenvalue weighted by Gasteiger charge is 2.23. The summed E-state index contributed by atoms with van der Waals surface area (Å²) in [5.74, 6) is 5.32. The SMILES string of the molecule is NCC#Cc1cncc(S(=O)(=O)NCC2CCC(=O)N2)c1. The number of rotatable bonds is 4. The Morgan fingerprint density at radius 3 is 2.95 bits per heavy atom. The average Bonchev–Trinajstić information content (AvgIpc) is 2.89. The van der Waals surface area contributed by atoms with Gasteiger partial charge in [0.15, 0.2) is 0 Å². The number of nitrogens with two attached hydrogens (primary N) is 1. The Hall–Kier alpha value is -1.95. The van der Waals surface area contributed by atoms with E-state index in [-0.39, 0.29) is 29.9 Å². The van der Waals surface area contributed by atoms with Crippen LogP contribution in [0.2, 0.25) is 0 Å². The molecule has 1 amide bonds. The number of carbonyl (C=O) groups is 1. The number of carbonyl (C=O) groups excluding carboxylic acids is 1. The molecule has 1 fully saturated rings. The third kappa shape index (κ3) is 4.26.